The van der Waals surface area contributed by atoms with Crippen molar-refractivity contribution in [3.8, 4) is 0 Å². The fourth-order valence-electron chi connectivity index (χ4n) is 1.81. The molecule has 1 N–H and O–H groups in total. The summed E-state index contributed by atoms with van der Waals surface area (Å²) in [5.74, 6) is 1.47. The Bertz CT molecular complexity index is 453. The lowest BCUT2D eigenvalue weighted by Crippen LogP contribution is -2.10. The average molecular weight is 245 g/mol. The van der Waals surface area contributed by atoms with Crippen molar-refractivity contribution >= 4 is 0 Å². The van der Waals surface area contributed by atoms with Crippen LogP contribution in [0.25, 0.3) is 0 Å². The Kier molecular flexibility index (Phi) is 4.90. The van der Waals surface area contributed by atoms with Crippen molar-refractivity contribution in [3.05, 3.63) is 47.7 Å². The van der Waals surface area contributed by atoms with E-state index in [1.54, 1.807) is 0 Å². The van der Waals surface area contributed by atoms with Crippen molar-refractivity contribution < 1.29 is 4.42 Å². The predicted octanol–water partition coefficient (Wildman–Crippen LogP) is 2.01. The van der Waals surface area contributed by atoms with Gasteiger partial charge in [-0.1, -0.05) is 30.3 Å². The van der Waals surface area contributed by atoms with Gasteiger partial charge < -0.3 is 9.73 Å². The smallest absolute Gasteiger partial charge is 0.217 e. The summed E-state index contributed by atoms with van der Waals surface area (Å²) in [5.41, 5.74) is 1.35. The van der Waals surface area contributed by atoms with Gasteiger partial charge in [0.05, 0.1) is 0 Å². The van der Waals surface area contributed by atoms with Gasteiger partial charge in [0.1, 0.15) is 0 Å². The molecule has 0 fully saturated rings. The zero-order valence-electron chi connectivity index (χ0n) is 10.7. The fourth-order valence-corrected chi connectivity index (χ4v) is 1.81. The molecule has 2 rings (SSSR count). The molecule has 18 heavy (non-hydrogen) atoms. The second-order valence-electron chi connectivity index (χ2n) is 4.28. The monoisotopic (exact) mass is 245 g/mol. The van der Waals surface area contributed by atoms with Gasteiger partial charge in [0, 0.05) is 19.4 Å². The van der Waals surface area contributed by atoms with Gasteiger partial charge in [0.25, 0.3) is 0 Å². The lowest BCUT2D eigenvalue weighted by Gasteiger charge is -1.98. The van der Waals surface area contributed by atoms with Gasteiger partial charge in [0.15, 0.2) is 0 Å². The molecule has 0 aliphatic carbocycles. The minimum atomic E-state index is 0.721. The number of hydrogen-bond acceptors (Lipinski definition) is 4. The summed E-state index contributed by atoms with van der Waals surface area (Å²) in [6.07, 6.45) is 3.73. The van der Waals surface area contributed by atoms with Crippen LogP contribution in [0.3, 0.4) is 0 Å². The van der Waals surface area contributed by atoms with Gasteiger partial charge in [-0.25, -0.2) is 0 Å². The summed E-state index contributed by atoms with van der Waals surface area (Å²) >= 11 is 0. The van der Waals surface area contributed by atoms with Crippen LogP contribution in [0.1, 0.15) is 23.8 Å². The Morgan fingerprint density at radius 1 is 1.00 bits per heavy atom. The standard InChI is InChI=1S/C14H19N3O/c1-15-11-10-14-17-16-13(18-14)9-5-8-12-6-3-2-4-7-12/h2-4,6-7,15H,5,8-11H2,1H3. The molecular weight excluding hydrogens is 226 g/mol. The van der Waals surface area contributed by atoms with Gasteiger partial charge in [0.2, 0.25) is 11.8 Å². The maximum Gasteiger partial charge on any atom is 0.217 e. The van der Waals surface area contributed by atoms with Crippen LogP contribution in [0.4, 0.5) is 0 Å². The zero-order chi connectivity index (χ0) is 12.6. The Hall–Kier alpha value is -1.68. The Morgan fingerprint density at radius 3 is 2.44 bits per heavy atom. The van der Waals surface area contributed by atoms with Gasteiger partial charge in [-0.05, 0) is 25.5 Å². The molecule has 4 nitrogen and oxygen atoms in total. The molecule has 0 saturated heterocycles. The number of likely N-dealkylation sites (N-methyl/N-ethyl adjacent to an activating group) is 1. The highest BCUT2D eigenvalue weighted by molar-refractivity contribution is 5.14. The lowest BCUT2D eigenvalue weighted by molar-refractivity contribution is 0.442. The van der Waals surface area contributed by atoms with Crippen LogP contribution in [0, 0.1) is 0 Å². The predicted molar refractivity (Wildman–Crippen MR) is 70.4 cm³/mol. The molecule has 1 aromatic heterocycles. The third kappa shape index (κ3) is 3.96. The largest absolute Gasteiger partial charge is 0.425 e. The summed E-state index contributed by atoms with van der Waals surface area (Å²) in [5, 5.41) is 11.1. The molecule has 0 radical (unpaired) electrons. The van der Waals surface area contributed by atoms with Crippen LogP contribution in [-0.2, 0) is 19.3 Å². The zero-order valence-corrected chi connectivity index (χ0v) is 10.7. The fraction of sp³-hybridized carbons (Fsp3) is 0.429. The molecule has 0 bridgehead atoms. The first kappa shape index (κ1) is 12.8. The molecule has 0 amide bonds. The average Bonchev–Trinajstić information content (AvgIpc) is 2.85. The van der Waals surface area contributed by atoms with Crippen molar-refractivity contribution in [2.45, 2.75) is 25.7 Å². The van der Waals surface area contributed by atoms with Crippen LogP contribution in [0.5, 0.6) is 0 Å². The van der Waals surface area contributed by atoms with E-state index in [9.17, 15) is 0 Å². The number of nitrogens with one attached hydrogen (secondary N) is 1. The number of nitrogens with zero attached hydrogens (tertiary/aromatic N) is 2. The number of aromatic nitrogens is 2. The van der Waals surface area contributed by atoms with Crippen LogP contribution in [0.2, 0.25) is 0 Å². The van der Waals surface area contributed by atoms with E-state index in [2.05, 4.69) is 39.8 Å². The molecule has 1 aromatic carbocycles. The van der Waals surface area contributed by atoms with Crippen LogP contribution < -0.4 is 5.32 Å². The molecule has 0 atom stereocenters. The van der Waals surface area contributed by atoms with E-state index in [0.717, 1.165) is 44.0 Å². The van der Waals surface area contributed by atoms with E-state index in [0.29, 0.717) is 0 Å². The molecule has 0 aliphatic heterocycles. The molecular formula is C14H19N3O. The quantitative estimate of drug-likeness (QED) is 0.810. The van der Waals surface area contributed by atoms with E-state index in [-0.39, 0.29) is 0 Å². The number of aryl methyl sites for hydroxylation is 2. The van der Waals surface area contributed by atoms with Gasteiger partial charge in [-0.15, -0.1) is 10.2 Å². The van der Waals surface area contributed by atoms with Crippen LogP contribution in [0.15, 0.2) is 34.7 Å². The maximum atomic E-state index is 5.56. The molecule has 0 spiro atoms. The summed E-state index contributed by atoms with van der Waals surface area (Å²) in [7, 11) is 1.91. The van der Waals surface area contributed by atoms with Gasteiger partial charge in [-0.2, -0.15) is 0 Å². The number of hydrogen-bond donors (Lipinski definition) is 1. The Morgan fingerprint density at radius 2 is 1.72 bits per heavy atom. The highest BCUT2D eigenvalue weighted by Gasteiger charge is 2.05. The van der Waals surface area contributed by atoms with E-state index >= 15 is 0 Å². The molecule has 0 unspecified atom stereocenters. The molecule has 0 saturated carbocycles. The summed E-state index contributed by atoms with van der Waals surface area (Å²) in [6, 6.07) is 10.5. The van der Waals surface area contributed by atoms with Crippen molar-refractivity contribution in [1.29, 1.82) is 0 Å². The third-order valence-electron chi connectivity index (χ3n) is 2.80. The summed E-state index contributed by atoms with van der Waals surface area (Å²) in [4.78, 5) is 0. The number of benzene rings is 1. The van der Waals surface area contributed by atoms with Crippen LogP contribution >= 0.6 is 0 Å². The topological polar surface area (TPSA) is 51.0 Å². The Balaban J connectivity index is 1.75. The first-order chi connectivity index (χ1) is 8.88. The van der Waals surface area contributed by atoms with Crippen molar-refractivity contribution in [1.82, 2.24) is 15.5 Å². The molecule has 0 aliphatic rings. The van der Waals surface area contributed by atoms with E-state index in [1.165, 1.54) is 5.56 Å². The first-order valence-electron chi connectivity index (χ1n) is 6.38. The minimum absolute atomic E-state index is 0.721. The number of rotatable bonds is 7. The van der Waals surface area contributed by atoms with E-state index in [1.807, 2.05) is 13.1 Å². The highest BCUT2D eigenvalue weighted by Crippen LogP contribution is 2.07. The summed E-state index contributed by atoms with van der Waals surface area (Å²) in [6.45, 7) is 0.867. The van der Waals surface area contributed by atoms with E-state index < -0.39 is 0 Å². The van der Waals surface area contributed by atoms with Crippen molar-refractivity contribution in [3.63, 3.8) is 0 Å². The van der Waals surface area contributed by atoms with Crippen molar-refractivity contribution in [2.24, 2.45) is 0 Å². The van der Waals surface area contributed by atoms with Crippen LogP contribution in [-0.4, -0.2) is 23.8 Å². The maximum absolute atomic E-state index is 5.56. The normalized spacial score (nSPS) is 10.7. The van der Waals surface area contributed by atoms with Gasteiger partial charge in [-0.3, -0.25) is 0 Å². The third-order valence-corrected chi connectivity index (χ3v) is 2.80. The SMILES string of the molecule is CNCCc1nnc(CCCc2ccccc2)o1. The molecule has 2 aromatic rings. The lowest BCUT2D eigenvalue weighted by atomic mass is 10.1. The second kappa shape index (κ2) is 6.91. The second-order valence-corrected chi connectivity index (χ2v) is 4.28. The Labute approximate surface area is 107 Å². The molecule has 4 heteroatoms. The minimum Gasteiger partial charge on any atom is -0.425 e. The highest BCUT2D eigenvalue weighted by atomic mass is 16.4. The molecule has 96 valence electrons. The summed E-state index contributed by atoms with van der Waals surface area (Å²) < 4.78 is 5.56. The van der Waals surface area contributed by atoms with E-state index in [4.69, 9.17) is 4.42 Å². The first-order valence-corrected chi connectivity index (χ1v) is 6.38. The molecule has 1 heterocycles. The van der Waals surface area contributed by atoms with Crippen molar-refractivity contribution in [2.75, 3.05) is 13.6 Å². The van der Waals surface area contributed by atoms with Gasteiger partial charge >= 0.3 is 0 Å².